The highest BCUT2D eigenvalue weighted by molar-refractivity contribution is 5.89. The Balaban J connectivity index is 1.07. The smallest absolute Gasteiger partial charge is 0.416 e. The van der Waals surface area contributed by atoms with E-state index < -0.39 is 17.8 Å². The molecule has 2 aliphatic heterocycles. The number of carbonyl (C=O) groups excluding carboxylic acids is 1. The molecule has 3 aromatic heterocycles. The summed E-state index contributed by atoms with van der Waals surface area (Å²) in [4.78, 5) is 36.2. The van der Waals surface area contributed by atoms with Gasteiger partial charge in [0.05, 0.1) is 22.8 Å². The van der Waals surface area contributed by atoms with Gasteiger partial charge in [-0.1, -0.05) is 19.9 Å². The van der Waals surface area contributed by atoms with Crippen LogP contribution in [0.15, 0.2) is 42.9 Å². The first-order chi connectivity index (χ1) is 22.7. The van der Waals surface area contributed by atoms with Crippen LogP contribution < -0.4 is 10.1 Å². The van der Waals surface area contributed by atoms with Gasteiger partial charge in [0.25, 0.3) is 0 Å². The fourth-order valence-electron chi connectivity index (χ4n) is 6.66. The van der Waals surface area contributed by atoms with Crippen LogP contribution >= 0.6 is 0 Å². The van der Waals surface area contributed by atoms with Gasteiger partial charge < -0.3 is 24.8 Å². The molecule has 7 rings (SSSR count). The van der Waals surface area contributed by atoms with Gasteiger partial charge in [0.1, 0.15) is 17.7 Å². The van der Waals surface area contributed by atoms with Crippen LogP contribution in [0.4, 0.5) is 23.7 Å². The Hall–Kier alpha value is -4.23. The molecule has 47 heavy (non-hydrogen) atoms. The maximum atomic E-state index is 14.2. The number of carbonyl (C=O) groups is 1. The van der Waals surface area contributed by atoms with E-state index in [0.717, 1.165) is 80.4 Å². The van der Waals surface area contributed by atoms with Crippen molar-refractivity contribution in [2.45, 2.75) is 64.2 Å². The zero-order valence-electron chi connectivity index (χ0n) is 26.6. The molecule has 1 aliphatic carbocycles. The molecule has 1 aromatic carbocycles. The van der Waals surface area contributed by atoms with Crippen molar-refractivity contribution in [3.8, 4) is 11.6 Å². The van der Waals surface area contributed by atoms with Crippen LogP contribution in [0.2, 0.25) is 0 Å². The lowest BCUT2D eigenvalue weighted by molar-refractivity contribution is -0.138. The van der Waals surface area contributed by atoms with E-state index in [9.17, 15) is 18.0 Å². The number of H-pyrrole nitrogens is 1. The van der Waals surface area contributed by atoms with Crippen molar-refractivity contribution >= 4 is 22.8 Å². The standard InChI is InChI=1S/C34H39F3N8O2/c1-3-21-18-45(33(46)41-25-8-7-23(28(14-25)34(35,36)37)17-44-11-9-43(4-2)10-12-44)19-24-13-26(16-38-30(21)24)47-32-27-15-29(22-5-6-22)42-31(27)39-20-40-32/h7-8,13-16,20-22H,3-6,9-12,17-19H2,1-2H3,(H,41,46)(H,39,40,42). The third-order valence-corrected chi connectivity index (χ3v) is 9.56. The van der Waals surface area contributed by atoms with E-state index in [-0.39, 0.29) is 30.3 Å². The summed E-state index contributed by atoms with van der Waals surface area (Å²) in [7, 11) is 0. The van der Waals surface area contributed by atoms with Crippen molar-refractivity contribution in [2.24, 2.45) is 0 Å². The maximum absolute atomic E-state index is 14.2. The number of urea groups is 1. The van der Waals surface area contributed by atoms with Crippen LogP contribution in [0.5, 0.6) is 11.6 Å². The van der Waals surface area contributed by atoms with E-state index in [0.29, 0.717) is 29.7 Å². The Labute approximate surface area is 271 Å². The van der Waals surface area contributed by atoms with E-state index in [1.165, 1.54) is 12.4 Å². The molecule has 1 atom stereocenters. The number of likely N-dealkylation sites (N-methyl/N-ethyl adjacent to an activating group) is 1. The summed E-state index contributed by atoms with van der Waals surface area (Å²) in [5, 5.41) is 3.52. The predicted octanol–water partition coefficient (Wildman–Crippen LogP) is 6.72. The Morgan fingerprint density at radius 2 is 1.83 bits per heavy atom. The molecule has 0 bridgehead atoms. The number of fused-ring (bicyclic) bond motifs is 2. The monoisotopic (exact) mass is 648 g/mol. The second-order valence-corrected chi connectivity index (χ2v) is 12.8. The van der Waals surface area contributed by atoms with Gasteiger partial charge in [-0.15, -0.1) is 0 Å². The Bertz CT molecular complexity index is 1760. The number of ether oxygens (including phenoxy) is 1. The van der Waals surface area contributed by atoms with E-state index >= 15 is 0 Å². The Kier molecular flexibility index (Phi) is 8.52. The van der Waals surface area contributed by atoms with Crippen molar-refractivity contribution in [3.05, 3.63) is 70.9 Å². The minimum absolute atomic E-state index is 0.0311. The third-order valence-electron chi connectivity index (χ3n) is 9.56. The lowest BCUT2D eigenvalue weighted by Crippen LogP contribution is -2.45. The molecule has 1 saturated carbocycles. The van der Waals surface area contributed by atoms with E-state index in [1.54, 1.807) is 17.2 Å². The topological polar surface area (TPSA) is 103 Å². The van der Waals surface area contributed by atoms with Gasteiger partial charge in [0.2, 0.25) is 5.88 Å². The van der Waals surface area contributed by atoms with Crippen molar-refractivity contribution in [1.29, 1.82) is 0 Å². The number of benzene rings is 1. The van der Waals surface area contributed by atoms with Crippen LogP contribution in [0.25, 0.3) is 11.0 Å². The second-order valence-electron chi connectivity index (χ2n) is 12.8. The average Bonchev–Trinajstić information content (AvgIpc) is 3.83. The highest BCUT2D eigenvalue weighted by Crippen LogP contribution is 2.42. The van der Waals surface area contributed by atoms with Gasteiger partial charge in [-0.05, 0) is 67.1 Å². The van der Waals surface area contributed by atoms with Gasteiger partial charge in [-0.3, -0.25) is 9.88 Å². The van der Waals surface area contributed by atoms with Crippen molar-refractivity contribution < 1.29 is 22.7 Å². The number of pyridine rings is 1. The summed E-state index contributed by atoms with van der Waals surface area (Å²) < 4.78 is 48.8. The lowest BCUT2D eigenvalue weighted by atomic mass is 9.92. The minimum atomic E-state index is -4.55. The molecular weight excluding hydrogens is 609 g/mol. The van der Waals surface area contributed by atoms with Crippen LogP contribution in [-0.2, 0) is 19.3 Å². The van der Waals surface area contributed by atoms with Gasteiger partial charge in [-0.25, -0.2) is 14.8 Å². The largest absolute Gasteiger partial charge is 0.437 e. The number of aromatic amines is 1. The molecule has 13 heteroatoms. The fourth-order valence-corrected chi connectivity index (χ4v) is 6.66. The summed E-state index contributed by atoms with van der Waals surface area (Å²) in [5.74, 6) is 1.40. The lowest BCUT2D eigenvalue weighted by Gasteiger charge is -2.34. The van der Waals surface area contributed by atoms with Crippen molar-refractivity contribution in [1.82, 2.24) is 34.6 Å². The number of rotatable bonds is 8. The maximum Gasteiger partial charge on any atom is 0.416 e. The number of anilines is 1. The first kappa shape index (κ1) is 31.4. The number of hydrogen-bond donors (Lipinski definition) is 2. The SMILES string of the molecule is CCC1CN(C(=O)Nc2ccc(CN3CCN(CC)CC3)c(C(F)(F)F)c2)Cc2cc(Oc3ncnc4[nH]c(C5CC5)cc34)cnc21. The number of aromatic nitrogens is 4. The molecule has 1 saturated heterocycles. The van der Waals surface area contributed by atoms with Crippen LogP contribution in [0.1, 0.15) is 73.0 Å². The first-order valence-corrected chi connectivity index (χ1v) is 16.4. The zero-order valence-corrected chi connectivity index (χ0v) is 26.6. The van der Waals surface area contributed by atoms with E-state index in [1.807, 2.05) is 24.0 Å². The molecule has 2 amide bonds. The summed E-state index contributed by atoms with van der Waals surface area (Å²) in [5.41, 5.74) is 3.15. The van der Waals surface area contributed by atoms with Gasteiger partial charge >= 0.3 is 12.2 Å². The number of nitrogens with one attached hydrogen (secondary N) is 2. The molecule has 248 valence electrons. The zero-order chi connectivity index (χ0) is 32.7. The quantitative estimate of drug-likeness (QED) is 0.219. The average molecular weight is 649 g/mol. The summed E-state index contributed by atoms with van der Waals surface area (Å²) in [6, 6.07) is 7.54. The van der Waals surface area contributed by atoms with E-state index in [4.69, 9.17) is 9.72 Å². The summed E-state index contributed by atoms with van der Waals surface area (Å²) >= 11 is 0. The van der Waals surface area contributed by atoms with Crippen LogP contribution in [0.3, 0.4) is 0 Å². The molecule has 0 spiro atoms. The minimum Gasteiger partial charge on any atom is -0.437 e. The summed E-state index contributed by atoms with van der Waals surface area (Å²) in [6.45, 7) is 9.02. The molecule has 1 unspecified atom stereocenters. The highest BCUT2D eigenvalue weighted by Gasteiger charge is 2.35. The fraction of sp³-hybridized carbons (Fsp3) is 0.471. The molecule has 0 radical (unpaired) electrons. The number of piperazine rings is 1. The Morgan fingerprint density at radius 1 is 1.04 bits per heavy atom. The van der Waals surface area contributed by atoms with Gasteiger partial charge in [0, 0.05) is 63.1 Å². The molecule has 10 nitrogen and oxygen atoms in total. The van der Waals surface area contributed by atoms with Crippen LogP contribution in [0, 0.1) is 0 Å². The number of amides is 2. The van der Waals surface area contributed by atoms with Crippen molar-refractivity contribution in [3.63, 3.8) is 0 Å². The van der Waals surface area contributed by atoms with E-state index in [2.05, 4.69) is 32.1 Å². The number of halogens is 3. The highest BCUT2D eigenvalue weighted by atomic mass is 19.4. The van der Waals surface area contributed by atoms with Gasteiger partial charge in [-0.2, -0.15) is 13.2 Å². The second kappa shape index (κ2) is 12.8. The predicted molar refractivity (Wildman–Crippen MR) is 171 cm³/mol. The number of hydrogen-bond acceptors (Lipinski definition) is 7. The molecule has 2 N–H and O–H groups in total. The first-order valence-electron chi connectivity index (χ1n) is 16.4. The van der Waals surface area contributed by atoms with Crippen molar-refractivity contribution in [2.75, 3.05) is 44.6 Å². The molecule has 4 aromatic rings. The van der Waals surface area contributed by atoms with Gasteiger partial charge in [0.15, 0.2) is 0 Å². The summed E-state index contributed by atoms with van der Waals surface area (Å²) in [6.07, 6.45) is 1.63. The van der Waals surface area contributed by atoms with Crippen LogP contribution in [-0.4, -0.2) is 79.9 Å². The normalized spacial score (nSPS) is 19.2. The molecule has 2 fully saturated rings. The molecule has 5 heterocycles. The Morgan fingerprint density at radius 3 is 2.55 bits per heavy atom. The molecular formula is C34H39F3N8O2. The third kappa shape index (κ3) is 6.77. The molecule has 3 aliphatic rings. The number of alkyl halides is 3. The number of nitrogens with zero attached hydrogens (tertiary/aromatic N) is 6.